The van der Waals surface area contributed by atoms with Crippen molar-refractivity contribution in [1.29, 1.82) is 0 Å². The first kappa shape index (κ1) is 38.2. The fraction of sp³-hybridized carbons (Fsp3) is 0.306. The smallest absolute Gasteiger partial charge is 0.324 e. The van der Waals surface area contributed by atoms with Gasteiger partial charge in [0, 0.05) is 36.1 Å². The highest BCUT2D eigenvalue weighted by atomic mass is 16.6. The summed E-state index contributed by atoms with van der Waals surface area (Å²) < 4.78 is 6.50. The highest BCUT2D eigenvalue weighted by Gasteiger charge is 2.74. The number of morpholine rings is 1. The van der Waals surface area contributed by atoms with Crippen LogP contribution in [0.5, 0.6) is 5.75 Å². The van der Waals surface area contributed by atoms with Gasteiger partial charge in [0.1, 0.15) is 28.9 Å². The number of nitrogens with zero attached hydrogens (tertiary/aromatic N) is 2. The van der Waals surface area contributed by atoms with E-state index < -0.39 is 58.9 Å². The minimum Gasteiger partial charge on any atom is -0.508 e. The van der Waals surface area contributed by atoms with Crippen molar-refractivity contribution in [3.8, 4) is 17.6 Å². The number of fused-ring (bicyclic) bond motifs is 3. The Morgan fingerprint density at radius 2 is 1.53 bits per heavy atom. The van der Waals surface area contributed by atoms with Gasteiger partial charge in [0.15, 0.2) is 0 Å². The van der Waals surface area contributed by atoms with Crippen LogP contribution in [0.4, 0.5) is 5.69 Å². The van der Waals surface area contributed by atoms with Crippen LogP contribution in [0.2, 0.25) is 0 Å². The van der Waals surface area contributed by atoms with Crippen LogP contribution >= 0.6 is 0 Å². The first-order valence-electron chi connectivity index (χ1n) is 20.5. The fourth-order valence-corrected chi connectivity index (χ4v) is 9.92. The molecule has 4 aromatic carbocycles. The van der Waals surface area contributed by atoms with Crippen molar-refractivity contribution in [3.63, 3.8) is 0 Å². The number of hydrogen-bond donors (Lipinski definition) is 4. The molecule has 10 nitrogen and oxygen atoms in total. The zero-order valence-electron chi connectivity index (χ0n) is 32.6. The number of esters is 1. The van der Waals surface area contributed by atoms with Gasteiger partial charge in [-0.2, -0.15) is 0 Å². The largest absolute Gasteiger partial charge is 0.508 e. The molecule has 4 heterocycles. The lowest BCUT2D eigenvalue weighted by atomic mass is 9.65. The van der Waals surface area contributed by atoms with E-state index in [4.69, 9.17) is 4.74 Å². The second kappa shape index (κ2) is 15.8. The number of pyridine rings is 1. The molecule has 9 rings (SSSR count). The van der Waals surface area contributed by atoms with Crippen molar-refractivity contribution in [1.82, 2.24) is 15.2 Å². The molecular formula is C49H46N4O6. The van der Waals surface area contributed by atoms with E-state index >= 15 is 9.59 Å². The number of nitrogens with one attached hydrogen (secondary N) is 2. The maximum Gasteiger partial charge on any atom is 0.324 e. The number of carbonyl (C=O) groups is 3. The van der Waals surface area contributed by atoms with E-state index in [9.17, 15) is 15.0 Å². The van der Waals surface area contributed by atoms with E-state index in [0.29, 0.717) is 41.6 Å². The summed E-state index contributed by atoms with van der Waals surface area (Å²) in [4.78, 5) is 52.0. The summed E-state index contributed by atoms with van der Waals surface area (Å²) in [5.74, 6) is 3.63. The van der Waals surface area contributed by atoms with Gasteiger partial charge in [0.05, 0.1) is 18.0 Å². The molecule has 3 aliphatic heterocycles. The summed E-state index contributed by atoms with van der Waals surface area (Å²) >= 11 is 0. The number of amides is 2. The predicted molar refractivity (Wildman–Crippen MR) is 222 cm³/mol. The van der Waals surface area contributed by atoms with Crippen LogP contribution in [0.3, 0.4) is 0 Å². The molecule has 3 fully saturated rings. The molecule has 4 aliphatic rings. The molecule has 5 aromatic rings. The Morgan fingerprint density at radius 3 is 2.22 bits per heavy atom. The number of phenolic OH excluding ortho intramolecular Hbond substituents is 1. The third-order valence-electron chi connectivity index (χ3n) is 12.6. The van der Waals surface area contributed by atoms with Gasteiger partial charge < -0.3 is 25.6 Å². The van der Waals surface area contributed by atoms with Gasteiger partial charge in [-0.25, -0.2) is 0 Å². The minimum absolute atomic E-state index is 0.0336. The zero-order chi connectivity index (χ0) is 40.6. The summed E-state index contributed by atoms with van der Waals surface area (Å²) in [7, 11) is 0. The first-order valence-corrected chi connectivity index (χ1v) is 20.5. The number of aromatic nitrogens is 1. The molecular weight excluding hydrogens is 741 g/mol. The summed E-state index contributed by atoms with van der Waals surface area (Å²) in [6.45, 7) is 0.210. The van der Waals surface area contributed by atoms with E-state index in [2.05, 4.69) is 27.5 Å². The van der Waals surface area contributed by atoms with E-state index in [1.807, 2.05) is 95.9 Å². The molecule has 0 bridgehead atoms. The van der Waals surface area contributed by atoms with E-state index in [0.717, 1.165) is 42.5 Å². The minimum atomic E-state index is -1.69. The van der Waals surface area contributed by atoms with Gasteiger partial charge in [0.25, 0.3) is 0 Å². The molecule has 1 aliphatic carbocycles. The summed E-state index contributed by atoms with van der Waals surface area (Å²) in [6, 6.07) is 34.2. The number of rotatable bonds is 7. The Morgan fingerprint density at radius 1 is 0.831 bits per heavy atom. The second-order valence-electron chi connectivity index (χ2n) is 16.1. The van der Waals surface area contributed by atoms with Gasteiger partial charge in [-0.15, -0.1) is 0 Å². The summed E-state index contributed by atoms with van der Waals surface area (Å²) in [6.07, 6.45) is 6.39. The van der Waals surface area contributed by atoms with Crippen molar-refractivity contribution < 1.29 is 29.3 Å². The van der Waals surface area contributed by atoms with Crippen molar-refractivity contribution in [2.24, 2.45) is 5.92 Å². The molecule has 0 radical (unpaired) electrons. The first-order chi connectivity index (χ1) is 28.8. The average Bonchev–Trinajstić information content (AvgIpc) is 3.62. The average molecular weight is 787 g/mol. The maximum absolute atomic E-state index is 15.4. The molecule has 298 valence electrons. The number of cyclic esters (lactones) is 1. The number of aromatic hydroxyl groups is 1. The Balaban J connectivity index is 1.26. The number of ether oxygens (including phenoxy) is 1. The molecule has 4 N–H and O–H groups in total. The second-order valence-corrected chi connectivity index (χ2v) is 16.1. The SMILES string of the molecule is O=C1OC(c2ccccc2)C(c2ccccc2)N2C1C(C(=O)NCCc1ccccn1)C1(C(=O)Nc3ccc(C#CC4(O)CCCCCC4)cc31)C2c1ccc(O)cc1. The fourth-order valence-electron chi connectivity index (χ4n) is 9.92. The Bertz CT molecular complexity index is 2410. The van der Waals surface area contributed by atoms with Crippen LogP contribution in [0, 0.1) is 17.8 Å². The van der Waals surface area contributed by atoms with Gasteiger partial charge in [-0.3, -0.25) is 24.3 Å². The molecule has 2 amide bonds. The highest BCUT2D eigenvalue weighted by Crippen LogP contribution is 2.64. The normalized spacial score (nSPS) is 25.7. The number of carbonyl (C=O) groups excluding carboxylic acids is 3. The third-order valence-corrected chi connectivity index (χ3v) is 12.6. The van der Waals surface area contributed by atoms with Gasteiger partial charge in [0.2, 0.25) is 11.8 Å². The molecule has 10 heteroatoms. The van der Waals surface area contributed by atoms with E-state index in [-0.39, 0.29) is 12.3 Å². The van der Waals surface area contributed by atoms with Crippen molar-refractivity contribution in [2.45, 2.75) is 80.2 Å². The predicted octanol–water partition coefficient (Wildman–Crippen LogP) is 6.85. The standard InChI is InChI=1S/C49H46N4O6/c54-37-21-19-35(20-22-37)44-49(38-31-32(18-23-39(38)52-47(49)57)24-28-48(58)26-10-1-2-11-27-48)40(45(55)51-30-25-36-17-9-12-29-50-36)42-46(56)59-43(34-15-7-4-8-16-34)41(53(42)44)33-13-5-3-6-14-33/h3-9,12-23,29,31,40-44,54,58H,1-2,10-11,25-27,30H2,(H,51,55)(H,52,57). The maximum atomic E-state index is 15.4. The molecule has 1 spiro atoms. The van der Waals surface area contributed by atoms with Crippen molar-refractivity contribution in [2.75, 3.05) is 11.9 Å². The number of phenols is 1. The Labute approximate surface area is 343 Å². The zero-order valence-corrected chi connectivity index (χ0v) is 32.6. The van der Waals surface area contributed by atoms with Crippen molar-refractivity contribution >= 4 is 23.5 Å². The van der Waals surface area contributed by atoms with Crippen LogP contribution in [-0.2, 0) is 31.0 Å². The lowest BCUT2D eigenvalue weighted by Crippen LogP contribution is -2.55. The van der Waals surface area contributed by atoms with Gasteiger partial charge >= 0.3 is 5.97 Å². The van der Waals surface area contributed by atoms with Crippen LogP contribution in [-0.4, -0.2) is 56.1 Å². The summed E-state index contributed by atoms with van der Waals surface area (Å²) in [5.41, 5.74) is 1.80. The molecule has 1 aromatic heterocycles. The monoisotopic (exact) mass is 786 g/mol. The Hall–Kier alpha value is -6.28. The van der Waals surface area contributed by atoms with Crippen LogP contribution in [0.1, 0.15) is 90.2 Å². The van der Waals surface area contributed by atoms with E-state index in [1.54, 1.807) is 36.5 Å². The molecule has 6 unspecified atom stereocenters. The third kappa shape index (κ3) is 6.94. The lowest BCUT2D eigenvalue weighted by molar-refractivity contribution is -0.178. The number of anilines is 1. The molecule has 59 heavy (non-hydrogen) atoms. The van der Waals surface area contributed by atoms with E-state index in [1.165, 1.54) is 0 Å². The molecule has 6 atom stereocenters. The van der Waals surface area contributed by atoms with Crippen LogP contribution in [0.25, 0.3) is 0 Å². The summed E-state index contributed by atoms with van der Waals surface area (Å²) in [5, 5.41) is 28.3. The van der Waals surface area contributed by atoms with Gasteiger partial charge in [-0.1, -0.05) is 104 Å². The number of benzene rings is 4. The molecule has 1 saturated carbocycles. The number of hydrogen-bond acceptors (Lipinski definition) is 8. The van der Waals surface area contributed by atoms with Gasteiger partial charge in [-0.05, 0) is 90.4 Å². The van der Waals surface area contributed by atoms with Crippen LogP contribution in [0.15, 0.2) is 128 Å². The number of aliphatic hydroxyl groups is 1. The topological polar surface area (TPSA) is 141 Å². The highest BCUT2D eigenvalue weighted by molar-refractivity contribution is 6.12. The van der Waals surface area contributed by atoms with Crippen LogP contribution < -0.4 is 10.6 Å². The van der Waals surface area contributed by atoms with Crippen molar-refractivity contribution in [3.05, 3.63) is 161 Å². The Kier molecular flexibility index (Phi) is 10.3. The lowest BCUT2D eigenvalue weighted by Gasteiger charge is -2.46. The quantitative estimate of drug-likeness (QED) is 0.0798. The molecule has 2 saturated heterocycles.